The van der Waals surface area contributed by atoms with Crippen molar-refractivity contribution in [1.82, 2.24) is 20.3 Å². The van der Waals surface area contributed by atoms with Crippen molar-refractivity contribution in [2.45, 2.75) is 19.8 Å². The fraction of sp³-hybridized carbons (Fsp3) is 0.412. The molecular weight excluding hydrogens is 304 g/mol. The van der Waals surface area contributed by atoms with Crippen LogP contribution in [0, 0.1) is 12.8 Å². The van der Waals surface area contributed by atoms with Gasteiger partial charge in [0.15, 0.2) is 0 Å². The highest BCUT2D eigenvalue weighted by atomic mass is 16.1. The number of hydrogen-bond acceptors (Lipinski definition) is 6. The summed E-state index contributed by atoms with van der Waals surface area (Å²) in [6.45, 7) is 4.29. The van der Waals surface area contributed by atoms with Gasteiger partial charge >= 0.3 is 0 Å². The molecule has 1 aliphatic rings. The molecule has 1 saturated heterocycles. The second-order valence-electron chi connectivity index (χ2n) is 6.08. The van der Waals surface area contributed by atoms with Crippen LogP contribution >= 0.6 is 0 Å². The predicted molar refractivity (Wildman–Crippen MR) is 92.7 cm³/mol. The van der Waals surface area contributed by atoms with Gasteiger partial charge in [0.05, 0.1) is 11.3 Å². The predicted octanol–water partition coefficient (Wildman–Crippen LogP) is 1.41. The fourth-order valence-corrected chi connectivity index (χ4v) is 3.02. The molecule has 2 aromatic rings. The first-order chi connectivity index (χ1) is 11.6. The molecule has 1 aliphatic heterocycles. The lowest BCUT2D eigenvalue weighted by molar-refractivity contribution is 0.0944. The lowest BCUT2D eigenvalue weighted by atomic mass is 9.98. The van der Waals surface area contributed by atoms with Crippen LogP contribution in [0.3, 0.4) is 0 Å². The standard InChI is InChI=1S/C17H22N6O/c1-12-14(10-21-17(18)22-12)16(24)20-9-13-5-4-8-23(11-13)15-6-2-3-7-19-15/h2-3,6-7,10,13H,4-5,8-9,11H2,1H3,(H,20,24)(H2,18,21,22). The molecule has 1 unspecified atom stereocenters. The zero-order chi connectivity index (χ0) is 16.9. The van der Waals surface area contributed by atoms with Crippen molar-refractivity contribution >= 4 is 17.7 Å². The minimum absolute atomic E-state index is 0.151. The molecule has 2 aromatic heterocycles. The van der Waals surface area contributed by atoms with Gasteiger partial charge in [-0.2, -0.15) is 0 Å². The number of carbonyl (C=O) groups excluding carboxylic acids is 1. The summed E-state index contributed by atoms with van der Waals surface area (Å²) in [5, 5.41) is 2.99. The number of piperidine rings is 1. The lowest BCUT2D eigenvalue weighted by Gasteiger charge is -2.33. The average Bonchev–Trinajstić information content (AvgIpc) is 2.61. The minimum Gasteiger partial charge on any atom is -0.368 e. The summed E-state index contributed by atoms with van der Waals surface area (Å²) in [7, 11) is 0. The van der Waals surface area contributed by atoms with Crippen molar-refractivity contribution in [1.29, 1.82) is 0 Å². The maximum Gasteiger partial charge on any atom is 0.254 e. The molecule has 3 heterocycles. The monoisotopic (exact) mass is 326 g/mol. The molecule has 1 fully saturated rings. The van der Waals surface area contributed by atoms with Crippen LogP contribution in [-0.4, -0.2) is 40.5 Å². The van der Waals surface area contributed by atoms with E-state index in [1.165, 1.54) is 6.20 Å². The molecule has 0 spiro atoms. The van der Waals surface area contributed by atoms with Gasteiger partial charge in [-0.3, -0.25) is 4.79 Å². The Kier molecular flexibility index (Phi) is 4.88. The number of nitrogens with two attached hydrogens (primary N) is 1. The molecule has 0 bridgehead atoms. The fourth-order valence-electron chi connectivity index (χ4n) is 3.02. The van der Waals surface area contributed by atoms with Crippen LogP contribution in [0.25, 0.3) is 0 Å². The Morgan fingerprint density at radius 3 is 3.04 bits per heavy atom. The van der Waals surface area contributed by atoms with Crippen LogP contribution in [0.2, 0.25) is 0 Å². The summed E-state index contributed by atoms with van der Waals surface area (Å²) in [5.41, 5.74) is 6.59. The van der Waals surface area contributed by atoms with Crippen molar-refractivity contribution < 1.29 is 4.79 Å². The van der Waals surface area contributed by atoms with Gasteiger partial charge in [-0.1, -0.05) is 6.07 Å². The number of carbonyl (C=O) groups is 1. The zero-order valence-electron chi connectivity index (χ0n) is 13.8. The van der Waals surface area contributed by atoms with Gasteiger partial charge in [-0.25, -0.2) is 15.0 Å². The van der Waals surface area contributed by atoms with Crippen molar-refractivity contribution in [3.05, 3.63) is 41.9 Å². The topological polar surface area (TPSA) is 97.0 Å². The number of anilines is 2. The van der Waals surface area contributed by atoms with Gasteiger partial charge in [0.1, 0.15) is 5.82 Å². The molecule has 0 aromatic carbocycles. The molecule has 0 saturated carbocycles. The number of hydrogen-bond donors (Lipinski definition) is 2. The molecule has 0 radical (unpaired) electrons. The summed E-state index contributed by atoms with van der Waals surface area (Å²) in [6, 6.07) is 5.94. The Bertz CT molecular complexity index is 705. The maximum absolute atomic E-state index is 12.3. The van der Waals surface area contributed by atoms with Crippen LogP contribution in [0.4, 0.5) is 11.8 Å². The summed E-state index contributed by atoms with van der Waals surface area (Å²) in [5.74, 6) is 1.43. The molecule has 24 heavy (non-hydrogen) atoms. The average molecular weight is 326 g/mol. The molecule has 3 rings (SSSR count). The lowest BCUT2D eigenvalue weighted by Crippen LogP contribution is -2.41. The van der Waals surface area contributed by atoms with Gasteiger partial charge in [0.25, 0.3) is 5.91 Å². The van der Waals surface area contributed by atoms with E-state index in [4.69, 9.17) is 5.73 Å². The number of aryl methyl sites for hydroxylation is 1. The van der Waals surface area contributed by atoms with Gasteiger partial charge in [-0.05, 0) is 37.8 Å². The van der Waals surface area contributed by atoms with Crippen LogP contribution in [0.15, 0.2) is 30.6 Å². The molecule has 7 heteroatoms. The second-order valence-corrected chi connectivity index (χ2v) is 6.08. The highest BCUT2D eigenvalue weighted by molar-refractivity contribution is 5.94. The quantitative estimate of drug-likeness (QED) is 0.882. The largest absolute Gasteiger partial charge is 0.368 e. The first-order valence-corrected chi connectivity index (χ1v) is 8.17. The zero-order valence-corrected chi connectivity index (χ0v) is 13.8. The molecule has 126 valence electrons. The van der Waals surface area contributed by atoms with E-state index in [1.807, 2.05) is 24.4 Å². The first kappa shape index (κ1) is 16.2. The Morgan fingerprint density at radius 2 is 2.29 bits per heavy atom. The Hall–Kier alpha value is -2.70. The van der Waals surface area contributed by atoms with Gasteiger partial charge < -0.3 is 16.0 Å². The minimum atomic E-state index is -0.151. The van der Waals surface area contributed by atoms with E-state index in [2.05, 4.69) is 25.2 Å². The van der Waals surface area contributed by atoms with Crippen molar-refractivity contribution in [2.24, 2.45) is 5.92 Å². The van der Waals surface area contributed by atoms with E-state index >= 15 is 0 Å². The maximum atomic E-state index is 12.3. The van der Waals surface area contributed by atoms with E-state index in [0.717, 1.165) is 31.7 Å². The van der Waals surface area contributed by atoms with Crippen molar-refractivity contribution in [3.8, 4) is 0 Å². The van der Waals surface area contributed by atoms with E-state index in [0.29, 0.717) is 23.7 Å². The number of nitrogens with one attached hydrogen (secondary N) is 1. The number of rotatable bonds is 4. The van der Waals surface area contributed by atoms with Gasteiger partial charge in [-0.15, -0.1) is 0 Å². The number of aromatic nitrogens is 3. The Labute approximate surface area is 141 Å². The molecular formula is C17H22N6O. The number of amides is 1. The molecule has 7 nitrogen and oxygen atoms in total. The van der Waals surface area contributed by atoms with E-state index in [9.17, 15) is 4.79 Å². The number of nitrogen functional groups attached to an aromatic ring is 1. The van der Waals surface area contributed by atoms with Crippen molar-refractivity contribution in [3.63, 3.8) is 0 Å². The normalized spacial score (nSPS) is 17.5. The molecule has 1 atom stereocenters. The van der Waals surface area contributed by atoms with Gasteiger partial charge in [0, 0.05) is 32.0 Å². The Morgan fingerprint density at radius 1 is 1.42 bits per heavy atom. The van der Waals surface area contributed by atoms with Crippen LogP contribution in [-0.2, 0) is 0 Å². The summed E-state index contributed by atoms with van der Waals surface area (Å²) in [6.07, 6.45) is 5.49. The van der Waals surface area contributed by atoms with Crippen LogP contribution in [0.5, 0.6) is 0 Å². The summed E-state index contributed by atoms with van der Waals surface area (Å²) < 4.78 is 0. The molecule has 3 N–H and O–H groups in total. The summed E-state index contributed by atoms with van der Waals surface area (Å²) >= 11 is 0. The third-order valence-corrected chi connectivity index (χ3v) is 4.29. The van der Waals surface area contributed by atoms with E-state index in [1.54, 1.807) is 6.92 Å². The third-order valence-electron chi connectivity index (χ3n) is 4.29. The summed E-state index contributed by atoms with van der Waals surface area (Å²) in [4.78, 5) is 26.9. The smallest absolute Gasteiger partial charge is 0.254 e. The number of pyridine rings is 1. The SMILES string of the molecule is Cc1nc(N)ncc1C(=O)NCC1CCCN(c2ccccn2)C1. The highest BCUT2D eigenvalue weighted by Crippen LogP contribution is 2.20. The Balaban J connectivity index is 1.57. The van der Waals surface area contributed by atoms with E-state index in [-0.39, 0.29) is 11.9 Å². The van der Waals surface area contributed by atoms with E-state index < -0.39 is 0 Å². The van der Waals surface area contributed by atoms with Crippen LogP contribution < -0.4 is 16.0 Å². The van der Waals surface area contributed by atoms with Gasteiger partial charge in [0.2, 0.25) is 5.95 Å². The molecule has 1 amide bonds. The van der Waals surface area contributed by atoms with Crippen LogP contribution in [0.1, 0.15) is 28.9 Å². The third kappa shape index (κ3) is 3.79. The molecule has 0 aliphatic carbocycles. The highest BCUT2D eigenvalue weighted by Gasteiger charge is 2.22. The van der Waals surface area contributed by atoms with Crippen molar-refractivity contribution in [2.75, 3.05) is 30.3 Å². The first-order valence-electron chi connectivity index (χ1n) is 8.17. The number of nitrogens with zero attached hydrogens (tertiary/aromatic N) is 4. The second kappa shape index (κ2) is 7.25.